The fourth-order valence-electron chi connectivity index (χ4n) is 1.29. The molecule has 0 fully saturated rings. The largest absolute Gasteiger partial charge is 0.483 e. The lowest BCUT2D eigenvalue weighted by Gasteiger charge is -2.13. The quantitative estimate of drug-likeness (QED) is 0.773. The maximum absolute atomic E-state index is 11.2. The first kappa shape index (κ1) is 14.5. The topological polar surface area (TPSA) is 102 Å². The summed E-state index contributed by atoms with van der Waals surface area (Å²) >= 11 is 3.27. The molecule has 0 radical (unpaired) electrons. The second-order valence-corrected chi connectivity index (χ2v) is 4.47. The predicted octanol–water partition coefficient (Wildman–Crippen LogP) is 1.08. The van der Waals surface area contributed by atoms with Gasteiger partial charge in [-0.2, -0.15) is 0 Å². The highest BCUT2D eigenvalue weighted by molar-refractivity contribution is 9.10. The zero-order valence-electron chi connectivity index (χ0n) is 9.64. The van der Waals surface area contributed by atoms with E-state index in [1.165, 1.54) is 0 Å². The van der Waals surface area contributed by atoms with Gasteiger partial charge in [0.2, 0.25) is 0 Å². The fraction of sp³-hybridized carbons (Fsp3) is 0.273. The third kappa shape index (κ3) is 4.34. The molecule has 1 aromatic carbocycles. The van der Waals surface area contributed by atoms with Crippen molar-refractivity contribution in [3.63, 3.8) is 0 Å². The summed E-state index contributed by atoms with van der Waals surface area (Å²) in [6, 6.07) is 4.08. The zero-order chi connectivity index (χ0) is 13.7. The second-order valence-electron chi connectivity index (χ2n) is 3.56. The summed E-state index contributed by atoms with van der Waals surface area (Å²) in [4.78, 5) is 21.6. The zero-order valence-corrected chi connectivity index (χ0v) is 11.2. The first-order chi connectivity index (χ1) is 8.40. The molecule has 4 N–H and O–H groups in total. The highest BCUT2D eigenvalue weighted by Gasteiger charge is 2.12. The second kappa shape index (κ2) is 6.36. The van der Waals surface area contributed by atoms with Gasteiger partial charge in [0.05, 0.1) is 6.10 Å². The van der Waals surface area contributed by atoms with Gasteiger partial charge in [0.1, 0.15) is 5.75 Å². The van der Waals surface area contributed by atoms with E-state index in [4.69, 9.17) is 10.5 Å². The average Bonchev–Trinajstić information content (AvgIpc) is 2.26. The number of halogens is 1. The lowest BCUT2D eigenvalue weighted by Crippen LogP contribution is -2.38. The average molecular weight is 317 g/mol. The Morgan fingerprint density at radius 2 is 2.22 bits per heavy atom. The van der Waals surface area contributed by atoms with E-state index in [2.05, 4.69) is 15.9 Å². The van der Waals surface area contributed by atoms with Crippen molar-refractivity contribution < 1.29 is 19.4 Å². The highest BCUT2D eigenvalue weighted by atomic mass is 79.9. The Balaban J connectivity index is 2.72. The molecule has 98 valence electrons. The number of hydrogen-bond acceptors (Lipinski definition) is 4. The van der Waals surface area contributed by atoms with Crippen molar-refractivity contribution >= 4 is 27.9 Å². The number of rotatable bonds is 4. The Kier molecular flexibility index (Phi) is 5.11. The molecule has 18 heavy (non-hydrogen) atoms. The molecule has 1 atom stereocenters. The van der Waals surface area contributed by atoms with Gasteiger partial charge < -0.3 is 15.6 Å². The van der Waals surface area contributed by atoms with E-state index in [9.17, 15) is 14.7 Å². The molecule has 0 aliphatic heterocycles. The molecule has 0 bridgehead atoms. The number of primary amides is 1. The smallest absolute Gasteiger partial charge is 0.318 e. The maximum Gasteiger partial charge on any atom is 0.318 e. The number of ether oxygens (including phenoxy) is 1. The summed E-state index contributed by atoms with van der Waals surface area (Å²) in [5, 5.41) is 11.4. The molecule has 0 spiro atoms. The van der Waals surface area contributed by atoms with Crippen LogP contribution >= 0.6 is 15.9 Å². The van der Waals surface area contributed by atoms with Crippen LogP contribution in [-0.2, 0) is 4.79 Å². The standard InChI is InChI=1S/C11H13BrN2O4/c1-6(15)8-4-7(12)2-3-9(8)18-5-10(16)14-11(13)17/h2-4,6,15H,5H2,1H3,(H3,13,14,16,17)/t6-/m0/s1. The van der Waals surface area contributed by atoms with Crippen molar-refractivity contribution in [2.75, 3.05) is 6.61 Å². The SMILES string of the molecule is C[C@H](O)c1cc(Br)ccc1OCC(=O)NC(N)=O. The van der Waals surface area contributed by atoms with E-state index in [1.54, 1.807) is 25.1 Å². The number of aliphatic hydroxyl groups is 1. The maximum atomic E-state index is 11.2. The first-order valence-electron chi connectivity index (χ1n) is 5.09. The lowest BCUT2D eigenvalue weighted by molar-refractivity contribution is -0.121. The van der Waals surface area contributed by atoms with Crippen LogP contribution in [0.3, 0.4) is 0 Å². The Hall–Kier alpha value is -1.60. The molecule has 1 rings (SSSR count). The van der Waals surface area contributed by atoms with Gasteiger partial charge in [-0.3, -0.25) is 10.1 Å². The van der Waals surface area contributed by atoms with Crippen LogP contribution in [0.15, 0.2) is 22.7 Å². The van der Waals surface area contributed by atoms with Crippen LogP contribution < -0.4 is 15.8 Å². The van der Waals surface area contributed by atoms with E-state index in [0.717, 1.165) is 4.47 Å². The minimum atomic E-state index is -0.935. The van der Waals surface area contributed by atoms with Gasteiger partial charge in [0, 0.05) is 10.0 Å². The van der Waals surface area contributed by atoms with E-state index in [-0.39, 0.29) is 6.61 Å². The van der Waals surface area contributed by atoms with E-state index >= 15 is 0 Å². The number of aliphatic hydroxyl groups excluding tert-OH is 1. The van der Waals surface area contributed by atoms with Gasteiger partial charge in [0.15, 0.2) is 6.61 Å². The minimum Gasteiger partial charge on any atom is -0.483 e. The van der Waals surface area contributed by atoms with Crippen LogP contribution in [0.4, 0.5) is 4.79 Å². The number of benzene rings is 1. The number of carbonyl (C=O) groups is 2. The van der Waals surface area contributed by atoms with Crippen molar-refractivity contribution in [1.29, 1.82) is 0 Å². The molecule has 0 heterocycles. The summed E-state index contributed by atoms with van der Waals surface area (Å²) in [7, 11) is 0. The highest BCUT2D eigenvalue weighted by Crippen LogP contribution is 2.28. The number of imide groups is 1. The van der Waals surface area contributed by atoms with E-state index in [1.807, 2.05) is 5.32 Å². The predicted molar refractivity (Wildman–Crippen MR) is 68.0 cm³/mol. The third-order valence-corrected chi connectivity index (χ3v) is 2.54. The number of hydrogen-bond donors (Lipinski definition) is 3. The van der Waals surface area contributed by atoms with Crippen molar-refractivity contribution in [2.24, 2.45) is 5.73 Å². The fourth-order valence-corrected chi connectivity index (χ4v) is 1.67. The molecule has 3 amide bonds. The van der Waals surface area contributed by atoms with Crippen molar-refractivity contribution in [1.82, 2.24) is 5.32 Å². The molecule has 0 aliphatic carbocycles. The van der Waals surface area contributed by atoms with Gasteiger partial charge in [-0.15, -0.1) is 0 Å². The molecule has 0 saturated heterocycles. The molecule has 1 aromatic rings. The Labute approximate surface area is 112 Å². The van der Waals surface area contributed by atoms with E-state index < -0.39 is 18.0 Å². The molecule has 7 heteroatoms. The van der Waals surface area contributed by atoms with Crippen LogP contribution in [0.25, 0.3) is 0 Å². The van der Waals surface area contributed by atoms with Crippen LogP contribution in [0, 0.1) is 0 Å². The molecule has 6 nitrogen and oxygen atoms in total. The van der Waals surface area contributed by atoms with Gasteiger partial charge in [-0.05, 0) is 25.1 Å². The molecule has 0 saturated carbocycles. The summed E-state index contributed by atoms with van der Waals surface area (Å²) in [6.07, 6.45) is -0.739. The summed E-state index contributed by atoms with van der Waals surface area (Å²) in [6.45, 7) is 1.22. The number of amides is 3. The number of urea groups is 1. The summed E-state index contributed by atoms with van der Waals surface area (Å²) in [5.41, 5.74) is 5.33. The van der Waals surface area contributed by atoms with Crippen LogP contribution in [0.2, 0.25) is 0 Å². The van der Waals surface area contributed by atoms with Gasteiger partial charge in [0.25, 0.3) is 5.91 Å². The van der Waals surface area contributed by atoms with Crippen LogP contribution in [-0.4, -0.2) is 23.7 Å². The van der Waals surface area contributed by atoms with Crippen molar-refractivity contribution in [3.8, 4) is 5.75 Å². The number of nitrogens with one attached hydrogen (secondary N) is 1. The molecule has 0 aliphatic rings. The third-order valence-electron chi connectivity index (χ3n) is 2.04. The first-order valence-corrected chi connectivity index (χ1v) is 5.89. The number of carbonyl (C=O) groups excluding carboxylic acids is 2. The monoisotopic (exact) mass is 316 g/mol. The van der Waals surface area contributed by atoms with Gasteiger partial charge in [-0.1, -0.05) is 15.9 Å². The number of nitrogens with two attached hydrogens (primary N) is 1. The normalized spacial score (nSPS) is 11.7. The lowest BCUT2D eigenvalue weighted by atomic mass is 10.1. The molecule has 0 aromatic heterocycles. The summed E-state index contributed by atoms with van der Waals surface area (Å²) < 4.78 is 6.00. The van der Waals surface area contributed by atoms with E-state index in [0.29, 0.717) is 11.3 Å². The minimum absolute atomic E-state index is 0.357. The Morgan fingerprint density at radius 1 is 1.56 bits per heavy atom. The van der Waals surface area contributed by atoms with Crippen LogP contribution in [0.1, 0.15) is 18.6 Å². The van der Waals surface area contributed by atoms with Crippen molar-refractivity contribution in [3.05, 3.63) is 28.2 Å². The van der Waals surface area contributed by atoms with Gasteiger partial charge in [-0.25, -0.2) is 4.79 Å². The van der Waals surface area contributed by atoms with Crippen molar-refractivity contribution in [2.45, 2.75) is 13.0 Å². The van der Waals surface area contributed by atoms with Gasteiger partial charge >= 0.3 is 6.03 Å². The molecular weight excluding hydrogens is 304 g/mol. The Bertz CT molecular complexity index is 462. The molecule has 0 unspecified atom stereocenters. The van der Waals surface area contributed by atoms with Crippen LogP contribution in [0.5, 0.6) is 5.75 Å². The summed E-state index contributed by atoms with van der Waals surface area (Å²) in [5.74, 6) is -0.283. The molecular formula is C11H13BrN2O4. The Morgan fingerprint density at radius 3 is 2.78 bits per heavy atom.